The largest absolute Gasteiger partial charge is 0.383 e. The average Bonchev–Trinajstić information content (AvgIpc) is 2.32. The zero-order valence-electron chi connectivity index (χ0n) is 9.10. The highest BCUT2D eigenvalue weighted by Crippen LogP contribution is 2.26. The summed E-state index contributed by atoms with van der Waals surface area (Å²) in [6, 6.07) is 6.81. The molecule has 1 heterocycles. The van der Waals surface area contributed by atoms with Gasteiger partial charge in [-0.3, -0.25) is 0 Å². The molecule has 0 radical (unpaired) electrons. The summed E-state index contributed by atoms with van der Waals surface area (Å²) in [4.78, 5) is 0. The summed E-state index contributed by atoms with van der Waals surface area (Å²) in [6.45, 7) is 2.15. The molecule has 2 rings (SSSR count). The maximum Gasteiger partial charge on any atom is 0.0496 e. The van der Waals surface area contributed by atoms with Gasteiger partial charge < -0.3 is 10.6 Å². The van der Waals surface area contributed by atoms with Gasteiger partial charge in [0.25, 0.3) is 0 Å². The van der Waals surface area contributed by atoms with Crippen molar-refractivity contribution in [3.8, 4) is 0 Å². The molecule has 1 saturated heterocycles. The lowest BCUT2D eigenvalue weighted by Gasteiger charge is -2.24. The zero-order chi connectivity index (χ0) is 11.4. The van der Waals surface area contributed by atoms with Crippen LogP contribution in [0.5, 0.6) is 0 Å². The first-order valence-electron chi connectivity index (χ1n) is 5.68. The highest BCUT2D eigenvalue weighted by Gasteiger charge is 2.12. The molecule has 1 aromatic rings. The summed E-state index contributed by atoms with van der Waals surface area (Å²) < 4.78 is 2.22. The van der Waals surface area contributed by atoms with Crippen LogP contribution in [0.3, 0.4) is 0 Å². The predicted octanol–water partition coefficient (Wildman–Crippen LogP) is 3.77. The Labute approximate surface area is 113 Å². The number of rotatable bonds is 3. The van der Waals surface area contributed by atoms with Gasteiger partial charge in [0.05, 0.1) is 0 Å². The third-order valence-electron chi connectivity index (χ3n) is 2.88. The maximum atomic E-state index is 3.55. The lowest BCUT2D eigenvalue weighted by molar-refractivity contribution is 0.414. The summed E-state index contributed by atoms with van der Waals surface area (Å²) in [5, 5.41) is 7.02. The van der Waals surface area contributed by atoms with Gasteiger partial charge in [-0.2, -0.15) is 0 Å². The highest BCUT2D eigenvalue weighted by molar-refractivity contribution is 9.11. The van der Waals surface area contributed by atoms with E-state index in [1.54, 1.807) is 0 Å². The van der Waals surface area contributed by atoms with Crippen molar-refractivity contribution < 1.29 is 0 Å². The molecule has 1 atom stereocenters. The molecule has 88 valence electrons. The fourth-order valence-electron chi connectivity index (χ4n) is 1.96. The van der Waals surface area contributed by atoms with E-state index in [1.807, 2.05) is 6.07 Å². The molecule has 0 aromatic heterocycles. The van der Waals surface area contributed by atoms with E-state index < -0.39 is 0 Å². The lowest BCUT2D eigenvalue weighted by atomic mass is 10.1. The van der Waals surface area contributed by atoms with Crippen LogP contribution in [0.4, 0.5) is 5.69 Å². The van der Waals surface area contributed by atoms with Crippen molar-refractivity contribution in [3.63, 3.8) is 0 Å². The number of anilines is 1. The van der Waals surface area contributed by atoms with Crippen LogP contribution in [0.1, 0.15) is 19.3 Å². The Kier molecular flexibility index (Phi) is 4.67. The monoisotopic (exact) mass is 346 g/mol. The summed E-state index contributed by atoms with van der Waals surface area (Å²) in [7, 11) is 0. The SMILES string of the molecule is Brc1ccc(Br)c(NCC2CCCCN2)c1. The standard InChI is InChI=1S/C12H16Br2N2/c13-9-4-5-11(14)12(7-9)16-8-10-3-1-2-6-15-10/h4-5,7,10,15-16H,1-3,6,8H2. The Morgan fingerprint density at radius 2 is 2.19 bits per heavy atom. The van der Waals surface area contributed by atoms with E-state index >= 15 is 0 Å². The third kappa shape index (κ3) is 3.47. The molecule has 1 aliphatic heterocycles. The van der Waals surface area contributed by atoms with Crippen LogP contribution in [0.25, 0.3) is 0 Å². The van der Waals surface area contributed by atoms with E-state index in [0.717, 1.165) is 27.7 Å². The average molecular weight is 348 g/mol. The van der Waals surface area contributed by atoms with Gasteiger partial charge in [0, 0.05) is 27.2 Å². The highest BCUT2D eigenvalue weighted by atomic mass is 79.9. The van der Waals surface area contributed by atoms with Gasteiger partial charge in [0.2, 0.25) is 0 Å². The quantitative estimate of drug-likeness (QED) is 0.869. The number of benzene rings is 1. The minimum Gasteiger partial charge on any atom is -0.383 e. The van der Waals surface area contributed by atoms with Gasteiger partial charge in [0.1, 0.15) is 0 Å². The van der Waals surface area contributed by atoms with Gasteiger partial charge >= 0.3 is 0 Å². The second-order valence-electron chi connectivity index (χ2n) is 4.15. The van der Waals surface area contributed by atoms with Crippen LogP contribution in [0.2, 0.25) is 0 Å². The second-order valence-corrected chi connectivity index (χ2v) is 5.92. The van der Waals surface area contributed by atoms with E-state index in [0.29, 0.717) is 6.04 Å². The second kappa shape index (κ2) is 6.03. The first-order chi connectivity index (χ1) is 7.75. The van der Waals surface area contributed by atoms with Crippen molar-refractivity contribution >= 4 is 37.5 Å². The Morgan fingerprint density at radius 1 is 1.31 bits per heavy atom. The molecule has 0 aliphatic carbocycles. The van der Waals surface area contributed by atoms with Crippen LogP contribution < -0.4 is 10.6 Å². The zero-order valence-corrected chi connectivity index (χ0v) is 12.3. The molecule has 1 aliphatic rings. The summed E-state index contributed by atoms with van der Waals surface area (Å²) in [6.07, 6.45) is 3.94. The molecule has 1 fully saturated rings. The Bertz CT molecular complexity index is 349. The van der Waals surface area contributed by atoms with Crippen molar-refractivity contribution in [1.82, 2.24) is 5.32 Å². The van der Waals surface area contributed by atoms with Crippen molar-refractivity contribution in [2.45, 2.75) is 25.3 Å². The summed E-state index contributed by atoms with van der Waals surface area (Å²) in [5.74, 6) is 0. The smallest absolute Gasteiger partial charge is 0.0496 e. The first-order valence-corrected chi connectivity index (χ1v) is 7.26. The van der Waals surface area contributed by atoms with Crippen molar-refractivity contribution in [2.75, 3.05) is 18.4 Å². The van der Waals surface area contributed by atoms with E-state index in [-0.39, 0.29) is 0 Å². The normalized spacial score (nSPS) is 20.8. The van der Waals surface area contributed by atoms with Crippen molar-refractivity contribution in [3.05, 3.63) is 27.1 Å². The van der Waals surface area contributed by atoms with E-state index in [9.17, 15) is 0 Å². The number of hydrogen-bond acceptors (Lipinski definition) is 2. The van der Waals surface area contributed by atoms with Crippen LogP contribution in [0.15, 0.2) is 27.1 Å². The molecule has 2 N–H and O–H groups in total. The Morgan fingerprint density at radius 3 is 2.94 bits per heavy atom. The van der Waals surface area contributed by atoms with Crippen molar-refractivity contribution in [1.29, 1.82) is 0 Å². The van der Waals surface area contributed by atoms with Crippen LogP contribution >= 0.6 is 31.9 Å². The minimum atomic E-state index is 0.611. The van der Waals surface area contributed by atoms with E-state index in [2.05, 4.69) is 54.6 Å². The number of halogens is 2. The number of hydrogen-bond donors (Lipinski definition) is 2. The molecule has 4 heteroatoms. The molecule has 0 saturated carbocycles. The molecular weight excluding hydrogens is 332 g/mol. The van der Waals surface area contributed by atoms with E-state index in [4.69, 9.17) is 0 Å². The number of nitrogens with one attached hydrogen (secondary N) is 2. The van der Waals surface area contributed by atoms with Crippen LogP contribution in [0, 0.1) is 0 Å². The predicted molar refractivity (Wildman–Crippen MR) is 76.0 cm³/mol. The minimum absolute atomic E-state index is 0.611. The fraction of sp³-hybridized carbons (Fsp3) is 0.500. The molecule has 0 bridgehead atoms. The summed E-state index contributed by atoms with van der Waals surface area (Å²) >= 11 is 7.04. The molecule has 2 nitrogen and oxygen atoms in total. The lowest BCUT2D eigenvalue weighted by Crippen LogP contribution is -2.39. The maximum absolute atomic E-state index is 3.55. The Balaban J connectivity index is 1.90. The number of piperidine rings is 1. The third-order valence-corrected chi connectivity index (χ3v) is 4.06. The van der Waals surface area contributed by atoms with Gasteiger partial charge in [-0.15, -0.1) is 0 Å². The van der Waals surface area contributed by atoms with Gasteiger partial charge in [-0.25, -0.2) is 0 Å². The van der Waals surface area contributed by atoms with Gasteiger partial charge in [-0.1, -0.05) is 22.4 Å². The van der Waals surface area contributed by atoms with Crippen molar-refractivity contribution in [2.24, 2.45) is 0 Å². The summed E-state index contributed by atoms with van der Waals surface area (Å²) in [5.41, 5.74) is 1.15. The molecule has 16 heavy (non-hydrogen) atoms. The first kappa shape index (κ1) is 12.4. The molecule has 1 unspecified atom stereocenters. The van der Waals surface area contributed by atoms with Crippen LogP contribution in [-0.2, 0) is 0 Å². The Hall–Kier alpha value is -0.0600. The topological polar surface area (TPSA) is 24.1 Å². The molecule has 1 aromatic carbocycles. The van der Waals surface area contributed by atoms with Gasteiger partial charge in [-0.05, 0) is 53.5 Å². The molecular formula is C12H16Br2N2. The fourth-order valence-corrected chi connectivity index (χ4v) is 2.71. The van der Waals surface area contributed by atoms with E-state index in [1.165, 1.54) is 19.3 Å². The molecule has 0 amide bonds. The molecule has 0 spiro atoms. The van der Waals surface area contributed by atoms with Gasteiger partial charge in [0.15, 0.2) is 0 Å². The van der Waals surface area contributed by atoms with Crippen LogP contribution in [-0.4, -0.2) is 19.1 Å².